The maximum atomic E-state index is 12.0. The molecule has 3 aromatic rings. The number of hydrogen-bond donors (Lipinski definition) is 3. The summed E-state index contributed by atoms with van der Waals surface area (Å²) in [4.78, 5) is 12.0. The number of H-pyrrole nitrogens is 1. The van der Waals surface area contributed by atoms with Gasteiger partial charge in [-0.3, -0.25) is 10.9 Å². The van der Waals surface area contributed by atoms with Crippen LogP contribution in [0.5, 0.6) is 0 Å². The number of halogens is 1. The third-order valence-electron chi connectivity index (χ3n) is 2.79. The molecule has 3 rings (SSSR count). The lowest BCUT2D eigenvalue weighted by Gasteiger charge is -2.03. The van der Waals surface area contributed by atoms with Crippen LogP contribution in [0.1, 0.15) is 0 Å². The van der Waals surface area contributed by atoms with Gasteiger partial charge in [-0.2, -0.15) is 5.10 Å². The molecule has 2 heterocycles. The van der Waals surface area contributed by atoms with E-state index in [1.54, 1.807) is 30.5 Å². The topological polar surface area (TPSA) is 96.9 Å². The molecule has 0 unspecified atom stereocenters. The minimum absolute atomic E-state index is 0.229. The zero-order valence-electron chi connectivity index (χ0n) is 9.61. The fourth-order valence-corrected chi connectivity index (χ4v) is 2.06. The predicted octanol–water partition coefficient (Wildman–Crippen LogP) is 2.12. The average molecular weight is 277 g/mol. The number of benzene rings is 1. The molecular formula is C12H9ClN4O2. The van der Waals surface area contributed by atoms with E-state index in [1.165, 1.54) is 0 Å². The van der Waals surface area contributed by atoms with E-state index in [4.69, 9.17) is 21.9 Å². The van der Waals surface area contributed by atoms with E-state index in [0.29, 0.717) is 22.4 Å². The molecule has 7 heteroatoms. The summed E-state index contributed by atoms with van der Waals surface area (Å²) in [5.41, 5.74) is 3.99. The number of aromatic nitrogens is 2. The van der Waals surface area contributed by atoms with Gasteiger partial charge in [0.05, 0.1) is 11.3 Å². The Kier molecular flexibility index (Phi) is 2.73. The van der Waals surface area contributed by atoms with E-state index in [9.17, 15) is 4.79 Å². The van der Waals surface area contributed by atoms with Crippen molar-refractivity contribution in [1.29, 1.82) is 0 Å². The molecular weight excluding hydrogens is 268 g/mol. The smallest absolute Gasteiger partial charge is 0.344 e. The largest absolute Gasteiger partial charge is 0.422 e. The molecule has 96 valence electrons. The molecule has 2 aromatic heterocycles. The highest BCUT2D eigenvalue weighted by Crippen LogP contribution is 2.26. The SMILES string of the molecule is NNc1ccc2cc(-c3c[nH]nc3Cl)c(=O)oc2c1. The Hall–Kier alpha value is -2.31. The Labute approximate surface area is 112 Å². The maximum absolute atomic E-state index is 12.0. The first-order valence-electron chi connectivity index (χ1n) is 5.43. The van der Waals surface area contributed by atoms with Crippen LogP contribution in [0.15, 0.2) is 39.7 Å². The van der Waals surface area contributed by atoms with Gasteiger partial charge in [-0.1, -0.05) is 11.6 Å². The van der Waals surface area contributed by atoms with Crippen LogP contribution in [-0.4, -0.2) is 10.2 Å². The van der Waals surface area contributed by atoms with Crippen LogP contribution in [0.25, 0.3) is 22.1 Å². The van der Waals surface area contributed by atoms with Gasteiger partial charge in [0, 0.05) is 23.2 Å². The molecule has 0 atom stereocenters. The van der Waals surface area contributed by atoms with Gasteiger partial charge in [0.15, 0.2) is 5.15 Å². The summed E-state index contributed by atoms with van der Waals surface area (Å²) in [6, 6.07) is 6.93. The molecule has 1 aromatic carbocycles. The number of nitrogen functional groups attached to an aromatic ring is 1. The monoisotopic (exact) mass is 276 g/mol. The molecule has 0 spiro atoms. The lowest BCUT2D eigenvalue weighted by Crippen LogP contribution is -2.07. The Morgan fingerprint density at radius 1 is 1.32 bits per heavy atom. The number of fused-ring (bicyclic) bond motifs is 1. The zero-order valence-corrected chi connectivity index (χ0v) is 10.4. The quantitative estimate of drug-likeness (QED) is 0.378. The Balaban J connectivity index is 2.26. The molecule has 19 heavy (non-hydrogen) atoms. The van der Waals surface area contributed by atoms with Crippen molar-refractivity contribution in [2.24, 2.45) is 5.84 Å². The van der Waals surface area contributed by atoms with Gasteiger partial charge >= 0.3 is 5.63 Å². The van der Waals surface area contributed by atoms with Crippen molar-refractivity contribution in [3.05, 3.63) is 46.0 Å². The normalized spacial score (nSPS) is 10.8. The Morgan fingerprint density at radius 2 is 2.16 bits per heavy atom. The second-order valence-electron chi connectivity index (χ2n) is 3.93. The average Bonchev–Trinajstić information content (AvgIpc) is 2.83. The molecule has 4 N–H and O–H groups in total. The van der Waals surface area contributed by atoms with Crippen LogP contribution in [0.2, 0.25) is 5.15 Å². The van der Waals surface area contributed by atoms with E-state index in [-0.39, 0.29) is 5.15 Å². The van der Waals surface area contributed by atoms with Gasteiger partial charge in [-0.05, 0) is 18.2 Å². The van der Waals surface area contributed by atoms with Crippen LogP contribution in [0.4, 0.5) is 5.69 Å². The number of hydrogen-bond acceptors (Lipinski definition) is 5. The fraction of sp³-hybridized carbons (Fsp3) is 0. The summed E-state index contributed by atoms with van der Waals surface area (Å²) in [7, 11) is 0. The Morgan fingerprint density at radius 3 is 2.84 bits per heavy atom. The highest BCUT2D eigenvalue weighted by molar-refractivity contribution is 6.32. The molecule has 0 fully saturated rings. The highest BCUT2D eigenvalue weighted by Gasteiger charge is 2.12. The van der Waals surface area contributed by atoms with Gasteiger partial charge < -0.3 is 9.84 Å². The van der Waals surface area contributed by atoms with Crippen LogP contribution < -0.4 is 16.9 Å². The maximum Gasteiger partial charge on any atom is 0.344 e. The first kappa shape index (κ1) is 11.8. The molecule has 0 radical (unpaired) electrons. The van der Waals surface area contributed by atoms with Crippen molar-refractivity contribution >= 4 is 28.3 Å². The Bertz CT molecular complexity index is 809. The van der Waals surface area contributed by atoms with Crippen molar-refractivity contribution in [2.45, 2.75) is 0 Å². The third-order valence-corrected chi connectivity index (χ3v) is 3.07. The standard InChI is InChI=1S/C12H9ClN4O2/c13-11-9(5-15-17-11)8-3-6-1-2-7(16-14)4-10(6)19-12(8)18/h1-5,16H,14H2,(H,15,17). The summed E-state index contributed by atoms with van der Waals surface area (Å²) in [5.74, 6) is 5.31. The second-order valence-corrected chi connectivity index (χ2v) is 4.29. The lowest BCUT2D eigenvalue weighted by atomic mass is 10.1. The predicted molar refractivity (Wildman–Crippen MR) is 72.9 cm³/mol. The van der Waals surface area contributed by atoms with Crippen molar-refractivity contribution in [2.75, 3.05) is 5.43 Å². The summed E-state index contributed by atoms with van der Waals surface area (Å²) < 4.78 is 5.26. The summed E-state index contributed by atoms with van der Waals surface area (Å²) >= 11 is 5.90. The van der Waals surface area contributed by atoms with Crippen LogP contribution in [-0.2, 0) is 0 Å². The number of nitrogens with two attached hydrogens (primary N) is 1. The van der Waals surface area contributed by atoms with Gasteiger partial charge in [-0.25, -0.2) is 4.79 Å². The number of rotatable bonds is 2. The van der Waals surface area contributed by atoms with Crippen LogP contribution >= 0.6 is 11.6 Å². The summed E-state index contributed by atoms with van der Waals surface area (Å²) in [6.07, 6.45) is 1.55. The van der Waals surface area contributed by atoms with E-state index in [1.807, 2.05) is 0 Å². The summed E-state index contributed by atoms with van der Waals surface area (Å²) in [6.45, 7) is 0. The first-order valence-corrected chi connectivity index (χ1v) is 5.81. The number of anilines is 1. The van der Waals surface area contributed by atoms with E-state index >= 15 is 0 Å². The minimum Gasteiger partial charge on any atom is -0.422 e. The molecule has 0 aliphatic carbocycles. The molecule has 0 saturated carbocycles. The molecule has 6 nitrogen and oxygen atoms in total. The van der Waals surface area contributed by atoms with Crippen LogP contribution in [0.3, 0.4) is 0 Å². The molecule has 0 saturated heterocycles. The zero-order chi connectivity index (χ0) is 13.4. The van der Waals surface area contributed by atoms with Crippen molar-refractivity contribution < 1.29 is 4.42 Å². The van der Waals surface area contributed by atoms with Gasteiger partial charge in [0.1, 0.15) is 5.58 Å². The minimum atomic E-state index is -0.482. The first-order chi connectivity index (χ1) is 9.19. The molecule has 0 bridgehead atoms. The van der Waals surface area contributed by atoms with Gasteiger partial charge in [0.25, 0.3) is 0 Å². The van der Waals surface area contributed by atoms with E-state index in [2.05, 4.69) is 15.6 Å². The van der Waals surface area contributed by atoms with E-state index < -0.39 is 5.63 Å². The number of nitrogens with zero attached hydrogens (tertiary/aromatic N) is 1. The number of nitrogens with one attached hydrogen (secondary N) is 2. The number of aromatic amines is 1. The molecule has 0 aliphatic rings. The molecule has 0 amide bonds. The van der Waals surface area contributed by atoms with Crippen molar-refractivity contribution in [3.8, 4) is 11.1 Å². The highest BCUT2D eigenvalue weighted by atomic mass is 35.5. The second kappa shape index (κ2) is 4.42. The third kappa shape index (κ3) is 1.96. The van der Waals surface area contributed by atoms with Crippen LogP contribution in [0, 0.1) is 0 Å². The van der Waals surface area contributed by atoms with Gasteiger partial charge in [0.2, 0.25) is 0 Å². The van der Waals surface area contributed by atoms with Crippen molar-refractivity contribution in [1.82, 2.24) is 10.2 Å². The summed E-state index contributed by atoms with van der Waals surface area (Å²) in [5, 5.41) is 7.37. The fourth-order valence-electron chi connectivity index (χ4n) is 1.85. The van der Waals surface area contributed by atoms with Crippen molar-refractivity contribution in [3.63, 3.8) is 0 Å². The number of hydrazine groups is 1. The lowest BCUT2D eigenvalue weighted by molar-refractivity contribution is 0.563. The molecule has 0 aliphatic heterocycles. The van der Waals surface area contributed by atoms with Gasteiger partial charge in [-0.15, -0.1) is 0 Å². The van der Waals surface area contributed by atoms with E-state index in [0.717, 1.165) is 5.39 Å².